The second kappa shape index (κ2) is 5.19. The van der Waals surface area contributed by atoms with Crippen molar-refractivity contribution >= 4 is 15.9 Å². The van der Waals surface area contributed by atoms with Crippen LogP contribution in [0.5, 0.6) is 5.75 Å². The summed E-state index contributed by atoms with van der Waals surface area (Å²) in [6.45, 7) is 0.788. The summed E-state index contributed by atoms with van der Waals surface area (Å²) in [7, 11) is 1.57. The van der Waals surface area contributed by atoms with Crippen molar-refractivity contribution in [2.45, 2.75) is 0 Å². The number of halogens is 2. The van der Waals surface area contributed by atoms with E-state index in [4.69, 9.17) is 9.47 Å². The molecule has 0 spiro atoms. The molecule has 0 fully saturated rings. The molecule has 0 unspecified atom stereocenters. The van der Waals surface area contributed by atoms with Crippen molar-refractivity contribution in [3.8, 4) is 5.75 Å². The van der Waals surface area contributed by atoms with Crippen LogP contribution in [0.4, 0.5) is 4.39 Å². The average Bonchev–Trinajstić information content (AvgIpc) is 2.10. The summed E-state index contributed by atoms with van der Waals surface area (Å²) >= 11 is 3.19. The summed E-state index contributed by atoms with van der Waals surface area (Å²) in [5.74, 6) is -0.134. The summed E-state index contributed by atoms with van der Waals surface area (Å²) < 4.78 is 23.6. The van der Waals surface area contributed by atoms with Gasteiger partial charge in [0.05, 0.1) is 11.1 Å². The summed E-state index contributed by atoms with van der Waals surface area (Å²) in [6.07, 6.45) is 0. The van der Waals surface area contributed by atoms with Crippen LogP contribution in [-0.2, 0) is 4.74 Å². The monoisotopic (exact) mass is 248 g/mol. The lowest BCUT2D eigenvalue weighted by atomic mass is 10.3. The average molecular weight is 249 g/mol. The predicted molar refractivity (Wildman–Crippen MR) is 51.5 cm³/mol. The van der Waals surface area contributed by atoms with Crippen molar-refractivity contribution in [1.82, 2.24) is 0 Å². The number of ether oxygens (including phenoxy) is 2. The summed E-state index contributed by atoms with van der Waals surface area (Å²) in [6, 6.07) is 4.70. The van der Waals surface area contributed by atoms with Crippen LogP contribution in [-0.4, -0.2) is 20.3 Å². The summed E-state index contributed by atoms with van der Waals surface area (Å²) in [5, 5.41) is 0. The molecule has 0 heterocycles. The maximum Gasteiger partial charge on any atom is 0.169 e. The fourth-order valence-electron chi connectivity index (χ4n) is 0.847. The highest BCUT2D eigenvalue weighted by molar-refractivity contribution is 9.10. The molecule has 2 nitrogen and oxygen atoms in total. The third kappa shape index (κ3) is 2.97. The molecule has 0 N–H and O–H groups in total. The highest BCUT2D eigenvalue weighted by Crippen LogP contribution is 2.27. The number of methoxy groups -OCH3 is 1. The van der Waals surface area contributed by atoms with E-state index in [1.165, 1.54) is 6.07 Å². The molecule has 0 radical (unpaired) electrons. The first-order valence-corrected chi connectivity index (χ1v) is 4.60. The molecule has 0 atom stereocenters. The van der Waals surface area contributed by atoms with E-state index >= 15 is 0 Å². The van der Waals surface area contributed by atoms with E-state index in [2.05, 4.69) is 15.9 Å². The zero-order valence-corrected chi connectivity index (χ0v) is 8.80. The minimum absolute atomic E-state index is 0.236. The molecule has 0 saturated heterocycles. The molecular weight excluding hydrogens is 239 g/mol. The Labute approximate surface area is 84.8 Å². The van der Waals surface area contributed by atoms with Gasteiger partial charge in [0.15, 0.2) is 11.6 Å². The first-order valence-electron chi connectivity index (χ1n) is 3.81. The van der Waals surface area contributed by atoms with E-state index in [1.807, 2.05) is 0 Å². The van der Waals surface area contributed by atoms with Gasteiger partial charge in [0.1, 0.15) is 6.61 Å². The Morgan fingerprint density at radius 1 is 1.38 bits per heavy atom. The molecule has 1 aromatic carbocycles. The summed E-state index contributed by atoms with van der Waals surface area (Å²) in [4.78, 5) is 0. The van der Waals surface area contributed by atoms with Gasteiger partial charge in [-0.25, -0.2) is 4.39 Å². The van der Waals surface area contributed by atoms with Crippen LogP contribution in [0.1, 0.15) is 0 Å². The van der Waals surface area contributed by atoms with Crippen LogP contribution in [0.3, 0.4) is 0 Å². The number of hydrogen-bond acceptors (Lipinski definition) is 2. The highest BCUT2D eigenvalue weighted by Gasteiger charge is 2.06. The van der Waals surface area contributed by atoms with E-state index in [0.717, 1.165) is 0 Å². The van der Waals surface area contributed by atoms with Crippen molar-refractivity contribution in [1.29, 1.82) is 0 Å². The second-order valence-corrected chi connectivity index (χ2v) is 3.25. The van der Waals surface area contributed by atoms with Crippen molar-refractivity contribution in [2.75, 3.05) is 20.3 Å². The van der Waals surface area contributed by atoms with E-state index < -0.39 is 0 Å². The Morgan fingerprint density at radius 2 is 2.15 bits per heavy atom. The van der Waals surface area contributed by atoms with Crippen molar-refractivity contribution in [3.63, 3.8) is 0 Å². The number of hydrogen-bond donors (Lipinski definition) is 0. The standard InChI is InChI=1S/C9H10BrFO2/c1-12-5-6-13-9-7(10)3-2-4-8(9)11/h2-4H,5-6H2,1H3. The molecule has 4 heteroatoms. The number of benzene rings is 1. The first kappa shape index (κ1) is 10.5. The van der Waals surface area contributed by atoms with Gasteiger partial charge >= 0.3 is 0 Å². The van der Waals surface area contributed by atoms with Gasteiger partial charge in [0, 0.05) is 7.11 Å². The molecular formula is C9H10BrFO2. The molecule has 1 aromatic rings. The minimum Gasteiger partial charge on any atom is -0.487 e. The van der Waals surface area contributed by atoms with E-state index in [9.17, 15) is 4.39 Å². The number of para-hydroxylation sites is 1. The predicted octanol–water partition coefficient (Wildman–Crippen LogP) is 2.61. The quantitative estimate of drug-likeness (QED) is 0.763. The molecule has 13 heavy (non-hydrogen) atoms. The van der Waals surface area contributed by atoms with Gasteiger partial charge in [0.2, 0.25) is 0 Å². The molecule has 0 aliphatic heterocycles. The van der Waals surface area contributed by atoms with Gasteiger partial charge < -0.3 is 9.47 Å². The Balaban J connectivity index is 2.64. The minimum atomic E-state index is -0.370. The highest BCUT2D eigenvalue weighted by atomic mass is 79.9. The third-order valence-corrected chi connectivity index (χ3v) is 2.08. The van der Waals surface area contributed by atoms with Crippen LogP contribution in [0.25, 0.3) is 0 Å². The van der Waals surface area contributed by atoms with Crippen LogP contribution < -0.4 is 4.74 Å². The van der Waals surface area contributed by atoms with Gasteiger partial charge in [-0.3, -0.25) is 0 Å². The maximum atomic E-state index is 13.1. The molecule has 0 aliphatic rings. The van der Waals surface area contributed by atoms with E-state index in [1.54, 1.807) is 19.2 Å². The van der Waals surface area contributed by atoms with Gasteiger partial charge in [-0.1, -0.05) is 6.07 Å². The SMILES string of the molecule is COCCOc1c(F)cccc1Br. The Hall–Kier alpha value is -0.610. The Kier molecular flexibility index (Phi) is 4.18. The van der Waals surface area contributed by atoms with Gasteiger partial charge in [0.25, 0.3) is 0 Å². The van der Waals surface area contributed by atoms with Gasteiger partial charge in [-0.15, -0.1) is 0 Å². The van der Waals surface area contributed by atoms with Gasteiger partial charge in [-0.05, 0) is 28.1 Å². The first-order chi connectivity index (χ1) is 6.25. The van der Waals surface area contributed by atoms with Crippen LogP contribution in [0, 0.1) is 5.82 Å². The van der Waals surface area contributed by atoms with Crippen LogP contribution >= 0.6 is 15.9 Å². The number of rotatable bonds is 4. The van der Waals surface area contributed by atoms with E-state index in [-0.39, 0.29) is 11.6 Å². The lowest BCUT2D eigenvalue weighted by Gasteiger charge is -2.07. The smallest absolute Gasteiger partial charge is 0.169 e. The summed E-state index contributed by atoms with van der Waals surface area (Å²) in [5.41, 5.74) is 0. The molecule has 0 aromatic heterocycles. The molecule has 0 bridgehead atoms. The normalized spacial score (nSPS) is 10.1. The Bertz CT molecular complexity index is 258. The second-order valence-electron chi connectivity index (χ2n) is 2.39. The van der Waals surface area contributed by atoms with E-state index in [0.29, 0.717) is 17.7 Å². The van der Waals surface area contributed by atoms with Crippen molar-refractivity contribution in [3.05, 3.63) is 28.5 Å². The maximum absolute atomic E-state index is 13.1. The zero-order chi connectivity index (χ0) is 9.68. The largest absolute Gasteiger partial charge is 0.487 e. The fraction of sp³-hybridized carbons (Fsp3) is 0.333. The molecule has 72 valence electrons. The molecule has 1 rings (SSSR count). The molecule has 0 aliphatic carbocycles. The lowest BCUT2D eigenvalue weighted by molar-refractivity contribution is 0.143. The van der Waals surface area contributed by atoms with Crippen LogP contribution in [0.2, 0.25) is 0 Å². The molecule has 0 saturated carbocycles. The molecule has 0 amide bonds. The van der Waals surface area contributed by atoms with Crippen molar-refractivity contribution < 1.29 is 13.9 Å². The topological polar surface area (TPSA) is 18.5 Å². The lowest BCUT2D eigenvalue weighted by Crippen LogP contribution is -2.05. The van der Waals surface area contributed by atoms with Crippen LogP contribution in [0.15, 0.2) is 22.7 Å². The zero-order valence-electron chi connectivity index (χ0n) is 7.22. The van der Waals surface area contributed by atoms with Crippen molar-refractivity contribution in [2.24, 2.45) is 0 Å². The Morgan fingerprint density at radius 3 is 2.77 bits per heavy atom. The van der Waals surface area contributed by atoms with Gasteiger partial charge in [-0.2, -0.15) is 0 Å². The fourth-order valence-corrected chi connectivity index (χ4v) is 1.30. The third-order valence-electron chi connectivity index (χ3n) is 1.45.